The number of terminal acetylenes is 1. The fourth-order valence-corrected chi connectivity index (χ4v) is 0.668. The molecular formula is C6H5FO2. The molecule has 9 heavy (non-hydrogen) atoms. The van der Waals surface area contributed by atoms with E-state index in [1.54, 1.807) is 0 Å². The Labute approximate surface area is 52.0 Å². The largest absolute Gasteiger partial charge is 0.446 e. The maximum atomic E-state index is 12.4. The Bertz CT molecular complexity index is 170. The summed E-state index contributed by atoms with van der Waals surface area (Å²) in [5.41, 5.74) is 0. The van der Waals surface area contributed by atoms with Gasteiger partial charge in [-0.1, -0.05) is 5.92 Å². The SMILES string of the molecule is C#CC1OC(=O)CC1F. The molecule has 0 N–H and O–H groups in total. The van der Waals surface area contributed by atoms with Gasteiger partial charge in [0, 0.05) is 0 Å². The first-order chi connectivity index (χ1) is 4.24. The minimum absolute atomic E-state index is 0.200. The summed E-state index contributed by atoms with van der Waals surface area (Å²) < 4.78 is 16.7. The van der Waals surface area contributed by atoms with Gasteiger partial charge in [-0.05, 0) is 0 Å². The molecule has 2 nitrogen and oxygen atoms in total. The summed E-state index contributed by atoms with van der Waals surface area (Å²) in [5.74, 6) is 1.48. The second-order valence-corrected chi connectivity index (χ2v) is 1.80. The molecule has 0 aliphatic carbocycles. The molecule has 0 aromatic carbocycles. The van der Waals surface area contributed by atoms with Crippen LogP contribution in [0.25, 0.3) is 0 Å². The zero-order chi connectivity index (χ0) is 6.85. The summed E-state index contributed by atoms with van der Waals surface area (Å²) in [4.78, 5) is 10.3. The molecule has 0 bridgehead atoms. The Kier molecular flexibility index (Phi) is 1.39. The van der Waals surface area contributed by atoms with Gasteiger partial charge in [0.25, 0.3) is 0 Å². The van der Waals surface area contributed by atoms with E-state index in [-0.39, 0.29) is 6.42 Å². The lowest BCUT2D eigenvalue weighted by atomic mass is 10.2. The zero-order valence-electron chi connectivity index (χ0n) is 4.63. The molecule has 0 aromatic rings. The number of alkyl halides is 1. The van der Waals surface area contributed by atoms with E-state index >= 15 is 0 Å². The Hall–Kier alpha value is -1.04. The number of hydrogen-bond donors (Lipinski definition) is 0. The lowest BCUT2D eigenvalue weighted by Crippen LogP contribution is -2.13. The predicted molar refractivity (Wildman–Crippen MR) is 28.2 cm³/mol. The normalized spacial score (nSPS) is 33.6. The number of carbonyl (C=O) groups excluding carboxylic acids is 1. The van der Waals surface area contributed by atoms with E-state index in [0.717, 1.165) is 0 Å². The van der Waals surface area contributed by atoms with Crippen LogP contribution in [0.15, 0.2) is 0 Å². The third-order valence-corrected chi connectivity index (χ3v) is 1.11. The quantitative estimate of drug-likeness (QED) is 0.346. The van der Waals surface area contributed by atoms with Crippen molar-refractivity contribution >= 4 is 5.97 Å². The lowest BCUT2D eigenvalue weighted by molar-refractivity contribution is -0.139. The monoisotopic (exact) mass is 128 g/mol. The van der Waals surface area contributed by atoms with Crippen LogP contribution in [0.3, 0.4) is 0 Å². The van der Waals surface area contributed by atoms with Gasteiger partial charge in [-0.3, -0.25) is 4.79 Å². The average molecular weight is 128 g/mol. The fourth-order valence-electron chi connectivity index (χ4n) is 0.668. The van der Waals surface area contributed by atoms with Crippen molar-refractivity contribution in [1.82, 2.24) is 0 Å². The Morgan fingerprint density at radius 3 is 2.78 bits per heavy atom. The van der Waals surface area contributed by atoms with Crippen LogP contribution in [0.5, 0.6) is 0 Å². The zero-order valence-corrected chi connectivity index (χ0v) is 4.63. The summed E-state index contributed by atoms with van der Waals surface area (Å²) in [5, 5.41) is 0. The molecule has 1 fully saturated rings. The van der Waals surface area contributed by atoms with E-state index < -0.39 is 18.2 Å². The topological polar surface area (TPSA) is 26.3 Å². The highest BCUT2D eigenvalue weighted by molar-refractivity contribution is 5.73. The van der Waals surface area contributed by atoms with E-state index in [1.165, 1.54) is 0 Å². The first-order valence-corrected chi connectivity index (χ1v) is 2.53. The molecule has 1 heterocycles. The fraction of sp³-hybridized carbons (Fsp3) is 0.500. The maximum Gasteiger partial charge on any atom is 0.310 e. The number of carbonyl (C=O) groups is 1. The molecule has 2 unspecified atom stereocenters. The third-order valence-electron chi connectivity index (χ3n) is 1.11. The van der Waals surface area contributed by atoms with Crippen LogP contribution in [0, 0.1) is 12.3 Å². The minimum atomic E-state index is -1.30. The van der Waals surface area contributed by atoms with Crippen LogP contribution in [0.1, 0.15) is 6.42 Å². The van der Waals surface area contributed by atoms with Gasteiger partial charge in [-0.25, -0.2) is 4.39 Å². The number of cyclic esters (lactones) is 1. The highest BCUT2D eigenvalue weighted by atomic mass is 19.1. The molecule has 2 atom stereocenters. The standard InChI is InChI=1S/C6H5FO2/c1-2-5-4(7)3-6(8)9-5/h1,4-5H,3H2. The third kappa shape index (κ3) is 1.02. The van der Waals surface area contributed by atoms with E-state index in [4.69, 9.17) is 6.42 Å². The summed E-state index contributed by atoms with van der Waals surface area (Å²) in [7, 11) is 0. The van der Waals surface area contributed by atoms with Gasteiger partial charge >= 0.3 is 5.97 Å². The second-order valence-electron chi connectivity index (χ2n) is 1.80. The number of halogens is 1. The van der Waals surface area contributed by atoms with E-state index in [1.807, 2.05) is 5.92 Å². The van der Waals surface area contributed by atoms with Crippen LogP contribution >= 0.6 is 0 Å². The van der Waals surface area contributed by atoms with Crippen molar-refractivity contribution in [1.29, 1.82) is 0 Å². The van der Waals surface area contributed by atoms with Gasteiger partial charge in [-0.2, -0.15) is 0 Å². The minimum Gasteiger partial charge on any atom is -0.446 e. The van der Waals surface area contributed by atoms with Crippen LogP contribution < -0.4 is 0 Å². The van der Waals surface area contributed by atoms with Gasteiger partial charge in [0.1, 0.15) is 0 Å². The second kappa shape index (κ2) is 2.06. The lowest BCUT2D eigenvalue weighted by Gasteiger charge is -1.99. The molecule has 1 rings (SSSR count). The van der Waals surface area contributed by atoms with Crippen LogP contribution in [-0.2, 0) is 9.53 Å². The van der Waals surface area contributed by atoms with Crippen LogP contribution in [0.4, 0.5) is 4.39 Å². The molecule has 3 heteroatoms. The summed E-state index contributed by atoms with van der Waals surface area (Å²) in [6, 6.07) is 0. The van der Waals surface area contributed by atoms with Crippen molar-refractivity contribution in [3.05, 3.63) is 0 Å². The molecule has 0 spiro atoms. The van der Waals surface area contributed by atoms with Crippen LogP contribution in [0.2, 0.25) is 0 Å². The molecule has 0 aromatic heterocycles. The Balaban J connectivity index is 2.60. The van der Waals surface area contributed by atoms with Gasteiger partial charge in [0.2, 0.25) is 0 Å². The number of rotatable bonds is 0. The molecule has 1 aliphatic rings. The van der Waals surface area contributed by atoms with Crippen molar-refractivity contribution in [2.24, 2.45) is 0 Å². The van der Waals surface area contributed by atoms with E-state index in [9.17, 15) is 9.18 Å². The molecule has 1 saturated heterocycles. The van der Waals surface area contributed by atoms with Gasteiger partial charge < -0.3 is 4.74 Å². The van der Waals surface area contributed by atoms with Crippen molar-refractivity contribution in [3.63, 3.8) is 0 Å². The number of ether oxygens (including phenoxy) is 1. The predicted octanol–water partition coefficient (Wildman–Crippen LogP) is 0.273. The summed E-state index contributed by atoms with van der Waals surface area (Å²) in [6.45, 7) is 0. The first-order valence-electron chi connectivity index (χ1n) is 2.53. The maximum absolute atomic E-state index is 12.4. The van der Waals surface area contributed by atoms with Gasteiger partial charge in [0.15, 0.2) is 12.3 Å². The van der Waals surface area contributed by atoms with Crippen molar-refractivity contribution in [2.45, 2.75) is 18.7 Å². The van der Waals surface area contributed by atoms with Crippen molar-refractivity contribution < 1.29 is 13.9 Å². The summed E-state index contributed by atoms with van der Waals surface area (Å²) in [6.07, 6.45) is 2.37. The smallest absolute Gasteiger partial charge is 0.310 e. The first kappa shape index (κ1) is 6.09. The van der Waals surface area contributed by atoms with Gasteiger partial charge in [0.05, 0.1) is 6.42 Å². The summed E-state index contributed by atoms with van der Waals surface area (Å²) >= 11 is 0. The van der Waals surface area contributed by atoms with Crippen molar-refractivity contribution in [3.8, 4) is 12.3 Å². The van der Waals surface area contributed by atoms with Crippen molar-refractivity contribution in [2.75, 3.05) is 0 Å². The van der Waals surface area contributed by atoms with E-state index in [0.29, 0.717) is 0 Å². The molecule has 1 aliphatic heterocycles. The van der Waals surface area contributed by atoms with Gasteiger partial charge in [-0.15, -0.1) is 6.42 Å². The molecule has 0 radical (unpaired) electrons. The number of esters is 1. The average Bonchev–Trinajstić information content (AvgIpc) is 2.10. The molecule has 0 saturated carbocycles. The molecule has 0 amide bonds. The highest BCUT2D eigenvalue weighted by Gasteiger charge is 2.33. The molecule has 48 valence electrons. The number of hydrogen-bond acceptors (Lipinski definition) is 2. The molecular weight excluding hydrogens is 123 g/mol. The van der Waals surface area contributed by atoms with Crippen LogP contribution in [-0.4, -0.2) is 18.2 Å². The van der Waals surface area contributed by atoms with E-state index in [2.05, 4.69) is 4.74 Å². The Morgan fingerprint density at radius 2 is 2.56 bits per heavy atom. The Morgan fingerprint density at radius 1 is 1.89 bits per heavy atom. The highest BCUT2D eigenvalue weighted by Crippen LogP contribution is 2.16.